The monoisotopic (exact) mass is 206 g/mol. The molecule has 1 atom stereocenters. The Hall–Kier alpha value is -0.640. The van der Waals surface area contributed by atoms with Crippen LogP contribution in [0.5, 0.6) is 0 Å². The fourth-order valence-electron chi connectivity index (χ4n) is 0.689. The van der Waals surface area contributed by atoms with E-state index in [9.17, 15) is 9.46 Å². The molecule has 0 bridgehead atoms. The van der Waals surface area contributed by atoms with Crippen molar-refractivity contribution in [2.45, 2.75) is 13.5 Å². The summed E-state index contributed by atoms with van der Waals surface area (Å²) in [7, 11) is 0.265. The highest BCUT2D eigenvalue weighted by Crippen LogP contribution is 2.02. The van der Waals surface area contributed by atoms with Crippen LogP contribution in [-0.2, 0) is 22.7 Å². The molecule has 6 heteroatoms. The Bertz CT molecular complexity index is 262. The molecule has 5 nitrogen and oxygen atoms in total. The summed E-state index contributed by atoms with van der Waals surface area (Å²) < 4.78 is 17.1. The molecule has 1 heterocycles. The molecule has 0 spiro atoms. The maximum Gasteiger partial charge on any atom is 0.243 e. The van der Waals surface area contributed by atoms with Crippen molar-refractivity contribution in [2.24, 2.45) is 7.05 Å². The van der Waals surface area contributed by atoms with Crippen molar-refractivity contribution in [2.75, 3.05) is 7.11 Å². The third-order valence-electron chi connectivity index (χ3n) is 1.36. The number of aryl methyl sites for hydroxylation is 2. The molecule has 0 saturated heterocycles. The number of nitrogens with zero attached hydrogens (tertiary/aromatic N) is 2. The van der Waals surface area contributed by atoms with Crippen LogP contribution in [0.1, 0.15) is 6.92 Å². The van der Waals surface area contributed by atoms with E-state index >= 15 is 0 Å². The number of hydrogen-bond donors (Lipinski definition) is 0. The number of imidazole rings is 1. The van der Waals surface area contributed by atoms with Crippen LogP contribution in [0.25, 0.3) is 0 Å². The van der Waals surface area contributed by atoms with E-state index in [0.717, 1.165) is 13.7 Å². The van der Waals surface area contributed by atoms with Gasteiger partial charge in [-0.3, -0.25) is 0 Å². The van der Waals surface area contributed by atoms with Crippen molar-refractivity contribution in [1.29, 1.82) is 0 Å². The van der Waals surface area contributed by atoms with E-state index in [2.05, 4.69) is 28.5 Å². The first-order chi connectivity index (χ1) is 6.10. The molecule has 0 radical (unpaired) electrons. The van der Waals surface area contributed by atoms with Gasteiger partial charge in [0.05, 0.1) is 13.6 Å². The highest BCUT2D eigenvalue weighted by atomic mass is 31.1. The van der Waals surface area contributed by atoms with Crippen LogP contribution in [0.2, 0.25) is 0 Å². The summed E-state index contributed by atoms with van der Waals surface area (Å²) in [5.74, 6) is 0. The van der Waals surface area contributed by atoms with Crippen molar-refractivity contribution < 1.29 is 18.5 Å². The van der Waals surface area contributed by atoms with E-state index in [-0.39, 0.29) is 0 Å². The Kier molecular flexibility index (Phi) is 6.49. The first-order valence-electron chi connectivity index (χ1n) is 3.86. The minimum atomic E-state index is -2.87. The Morgan fingerprint density at radius 3 is 2.38 bits per heavy atom. The standard InChI is InChI=1S/C6H11N2.CH5O3P/c1-3-8-5-4-7(2)6-8;1-4-5(2)3/h4-6H,3H2,1-2H3;5H,1H3,(H,2,3)/q+1;/p-1. The maximum absolute atomic E-state index is 9.22. The van der Waals surface area contributed by atoms with Crippen LogP contribution in [0.3, 0.4) is 0 Å². The lowest BCUT2D eigenvalue weighted by Crippen LogP contribution is -2.23. The third kappa shape index (κ3) is 6.51. The molecule has 0 aliphatic carbocycles. The van der Waals surface area contributed by atoms with Crippen molar-refractivity contribution >= 4 is 8.25 Å². The Morgan fingerprint density at radius 1 is 1.69 bits per heavy atom. The van der Waals surface area contributed by atoms with Gasteiger partial charge in [0.1, 0.15) is 20.6 Å². The zero-order valence-electron chi connectivity index (χ0n) is 8.06. The molecule has 13 heavy (non-hydrogen) atoms. The quantitative estimate of drug-likeness (QED) is 0.493. The smallest absolute Gasteiger partial charge is 0.243 e. The summed E-state index contributed by atoms with van der Waals surface area (Å²) in [6.07, 6.45) is 6.14. The molecule has 0 aromatic carbocycles. The molecule has 0 aliphatic rings. The van der Waals surface area contributed by atoms with E-state index in [4.69, 9.17) is 0 Å². The van der Waals surface area contributed by atoms with Gasteiger partial charge in [-0.25, -0.2) is 9.13 Å². The second-order valence-corrected chi connectivity index (χ2v) is 3.27. The van der Waals surface area contributed by atoms with Gasteiger partial charge < -0.3 is 14.0 Å². The first-order valence-corrected chi connectivity index (χ1v) is 5.08. The van der Waals surface area contributed by atoms with Crippen LogP contribution < -0.4 is 9.46 Å². The largest absolute Gasteiger partial charge is 0.781 e. The molecule has 0 amide bonds. The molecule has 1 aromatic heterocycles. The van der Waals surface area contributed by atoms with Gasteiger partial charge in [-0.1, -0.05) is 0 Å². The van der Waals surface area contributed by atoms with Gasteiger partial charge >= 0.3 is 0 Å². The number of aromatic nitrogens is 2. The molecule has 0 fully saturated rings. The second kappa shape index (κ2) is 6.83. The summed E-state index contributed by atoms with van der Waals surface area (Å²) in [5.41, 5.74) is 0. The van der Waals surface area contributed by atoms with E-state index in [1.54, 1.807) is 0 Å². The average molecular weight is 206 g/mol. The van der Waals surface area contributed by atoms with Crippen molar-refractivity contribution in [1.82, 2.24) is 4.57 Å². The van der Waals surface area contributed by atoms with Crippen molar-refractivity contribution in [3.05, 3.63) is 18.7 Å². The molecule has 1 rings (SSSR count). The summed E-state index contributed by atoms with van der Waals surface area (Å²) in [4.78, 5) is 9.22. The summed E-state index contributed by atoms with van der Waals surface area (Å²) in [5, 5.41) is 0. The minimum absolute atomic E-state index is 1.06. The molecule has 0 aliphatic heterocycles. The van der Waals surface area contributed by atoms with Gasteiger partial charge in [-0.05, 0) is 6.92 Å². The van der Waals surface area contributed by atoms with E-state index < -0.39 is 8.25 Å². The molecule has 0 N–H and O–H groups in total. The van der Waals surface area contributed by atoms with Crippen molar-refractivity contribution in [3.63, 3.8) is 0 Å². The summed E-state index contributed by atoms with van der Waals surface area (Å²) in [6, 6.07) is 0. The SMILES string of the molecule is CCn1cc[n+](C)c1.CO[PH](=O)[O-]. The predicted octanol–water partition coefficient (Wildman–Crippen LogP) is -0.285. The van der Waals surface area contributed by atoms with Crippen LogP contribution in [0, 0.1) is 0 Å². The van der Waals surface area contributed by atoms with Gasteiger partial charge in [0.2, 0.25) is 6.33 Å². The molecule has 1 unspecified atom stereocenters. The fraction of sp³-hybridized carbons (Fsp3) is 0.571. The third-order valence-corrected chi connectivity index (χ3v) is 1.69. The highest BCUT2D eigenvalue weighted by molar-refractivity contribution is 7.30. The van der Waals surface area contributed by atoms with Crippen LogP contribution >= 0.6 is 8.25 Å². The molecular weight excluding hydrogens is 191 g/mol. The lowest BCUT2D eigenvalue weighted by atomic mass is 10.7. The molecule has 1 aromatic rings. The van der Waals surface area contributed by atoms with E-state index in [1.165, 1.54) is 0 Å². The van der Waals surface area contributed by atoms with Gasteiger partial charge in [-0.2, -0.15) is 0 Å². The zero-order chi connectivity index (χ0) is 10.3. The highest BCUT2D eigenvalue weighted by Gasteiger charge is 1.92. The second-order valence-electron chi connectivity index (χ2n) is 2.36. The van der Waals surface area contributed by atoms with Crippen molar-refractivity contribution in [3.8, 4) is 0 Å². The van der Waals surface area contributed by atoms with Gasteiger partial charge in [-0.15, -0.1) is 0 Å². The topological polar surface area (TPSA) is 58.2 Å². The van der Waals surface area contributed by atoms with E-state index in [0.29, 0.717) is 0 Å². The van der Waals surface area contributed by atoms with Crippen LogP contribution in [0.15, 0.2) is 18.7 Å². The molecule has 76 valence electrons. The van der Waals surface area contributed by atoms with E-state index in [1.807, 2.05) is 17.8 Å². The normalized spacial score (nSPS) is 11.7. The van der Waals surface area contributed by atoms with Gasteiger partial charge in [0, 0.05) is 7.11 Å². The van der Waals surface area contributed by atoms with Crippen LogP contribution in [0.4, 0.5) is 0 Å². The Balaban J connectivity index is 0.000000252. The maximum atomic E-state index is 9.22. The first kappa shape index (κ1) is 12.4. The van der Waals surface area contributed by atoms with Crippen LogP contribution in [-0.4, -0.2) is 11.7 Å². The van der Waals surface area contributed by atoms with Gasteiger partial charge in [0.15, 0.2) is 0 Å². The summed E-state index contributed by atoms with van der Waals surface area (Å²) >= 11 is 0. The van der Waals surface area contributed by atoms with Gasteiger partial charge in [0.25, 0.3) is 0 Å². The lowest BCUT2D eigenvalue weighted by molar-refractivity contribution is -0.671. The number of hydrogen-bond acceptors (Lipinski definition) is 3. The fourth-order valence-corrected chi connectivity index (χ4v) is 0.689. The Morgan fingerprint density at radius 2 is 2.23 bits per heavy atom. The lowest BCUT2D eigenvalue weighted by Gasteiger charge is -1.95. The average Bonchev–Trinajstić information content (AvgIpc) is 2.52. The Labute approximate surface area is 78.5 Å². The zero-order valence-corrected chi connectivity index (χ0v) is 9.06. The summed E-state index contributed by atoms with van der Waals surface area (Å²) in [6.45, 7) is 3.18. The number of rotatable bonds is 2. The predicted molar refractivity (Wildman–Crippen MR) is 47.3 cm³/mol. The minimum Gasteiger partial charge on any atom is -0.781 e. The molecule has 0 saturated carbocycles. The molecular formula is C7H15N2O3P.